The Balaban J connectivity index is 2.06. The van der Waals surface area contributed by atoms with Gasteiger partial charge in [0.05, 0.1) is 0 Å². The van der Waals surface area contributed by atoms with Crippen LogP contribution in [0.1, 0.15) is 76.3 Å². The van der Waals surface area contributed by atoms with Crippen molar-refractivity contribution in [2.45, 2.75) is 92.5 Å². The van der Waals surface area contributed by atoms with Crippen LogP contribution in [0.4, 0.5) is 10.5 Å². The Hall–Kier alpha value is -3.35. The molecule has 0 aliphatic heterocycles. The highest BCUT2D eigenvalue weighted by atomic mass is 16.6. The van der Waals surface area contributed by atoms with E-state index in [0.717, 1.165) is 28.7 Å². The molecule has 1 saturated carbocycles. The molecule has 0 spiro atoms. The van der Waals surface area contributed by atoms with Crippen molar-refractivity contribution < 1.29 is 19.1 Å². The van der Waals surface area contributed by atoms with E-state index in [4.69, 9.17) is 4.74 Å². The molecule has 1 fully saturated rings. The number of benzene rings is 2. The first-order chi connectivity index (χ1) is 17.7. The van der Waals surface area contributed by atoms with Gasteiger partial charge in [-0.15, -0.1) is 0 Å². The lowest BCUT2D eigenvalue weighted by Crippen LogP contribution is -2.55. The molecule has 2 aromatic rings. The number of hydrogen-bond donors (Lipinski definition) is 2. The van der Waals surface area contributed by atoms with Crippen molar-refractivity contribution >= 4 is 23.6 Å². The maximum absolute atomic E-state index is 14.3. The molecule has 2 N–H and O–H groups in total. The van der Waals surface area contributed by atoms with E-state index in [-0.39, 0.29) is 29.7 Å². The molecular formula is C31H43N3O4. The number of para-hydroxylation sites is 1. The number of anilines is 1. The number of rotatable bonds is 8. The molecule has 38 heavy (non-hydrogen) atoms. The SMILES string of the molecule is Cc1cc(C)cc(C(C(=O)Nc2ccccc2C)N(C(=O)C(NC(=O)OC(C)(C)C)C(C)C)C2CC2C)c1. The molecule has 0 radical (unpaired) electrons. The summed E-state index contributed by atoms with van der Waals surface area (Å²) in [6.45, 7) is 17.1. The van der Waals surface area contributed by atoms with Crippen LogP contribution in [-0.4, -0.2) is 40.5 Å². The summed E-state index contributed by atoms with van der Waals surface area (Å²) in [7, 11) is 0. The number of alkyl carbamates (subject to hydrolysis) is 1. The van der Waals surface area contributed by atoms with Crippen LogP contribution in [0, 0.1) is 32.6 Å². The molecule has 0 saturated heterocycles. The molecule has 7 heteroatoms. The number of amides is 3. The molecule has 1 aliphatic carbocycles. The second-order valence-electron chi connectivity index (χ2n) is 12.0. The smallest absolute Gasteiger partial charge is 0.408 e. The van der Waals surface area contributed by atoms with Crippen LogP contribution in [0.25, 0.3) is 0 Å². The normalized spacial score (nSPS) is 18.4. The number of ether oxygens (including phenoxy) is 1. The van der Waals surface area contributed by atoms with Crippen LogP contribution in [0.5, 0.6) is 0 Å². The van der Waals surface area contributed by atoms with Gasteiger partial charge in [-0.25, -0.2) is 4.79 Å². The van der Waals surface area contributed by atoms with Crippen molar-refractivity contribution in [2.24, 2.45) is 11.8 Å². The Morgan fingerprint density at radius 3 is 2.08 bits per heavy atom. The first kappa shape index (κ1) is 29.2. The first-order valence-electron chi connectivity index (χ1n) is 13.4. The Morgan fingerprint density at radius 1 is 1.00 bits per heavy atom. The van der Waals surface area contributed by atoms with Gasteiger partial charge in [-0.1, -0.05) is 68.3 Å². The Kier molecular flexibility index (Phi) is 8.90. The van der Waals surface area contributed by atoms with Gasteiger partial charge in [-0.2, -0.15) is 0 Å². The lowest BCUT2D eigenvalue weighted by Gasteiger charge is -2.36. The van der Waals surface area contributed by atoms with Crippen molar-refractivity contribution in [3.63, 3.8) is 0 Å². The molecule has 3 amide bonds. The van der Waals surface area contributed by atoms with Crippen LogP contribution < -0.4 is 10.6 Å². The zero-order valence-corrected chi connectivity index (χ0v) is 24.2. The predicted molar refractivity (Wildman–Crippen MR) is 151 cm³/mol. The second-order valence-corrected chi connectivity index (χ2v) is 12.0. The summed E-state index contributed by atoms with van der Waals surface area (Å²) in [5.74, 6) is -0.542. The summed E-state index contributed by atoms with van der Waals surface area (Å²) in [5.41, 5.74) is 3.71. The highest BCUT2D eigenvalue weighted by Crippen LogP contribution is 2.41. The van der Waals surface area contributed by atoms with Crippen molar-refractivity contribution in [1.82, 2.24) is 10.2 Å². The fourth-order valence-electron chi connectivity index (χ4n) is 4.80. The van der Waals surface area contributed by atoms with Gasteiger partial charge in [-0.05, 0) is 77.0 Å². The zero-order chi connectivity index (χ0) is 28.4. The average Bonchev–Trinajstić information content (AvgIpc) is 3.50. The lowest BCUT2D eigenvalue weighted by atomic mass is 9.96. The van der Waals surface area contributed by atoms with Gasteiger partial charge in [-0.3, -0.25) is 9.59 Å². The largest absolute Gasteiger partial charge is 0.444 e. The fourth-order valence-corrected chi connectivity index (χ4v) is 4.80. The third kappa shape index (κ3) is 7.36. The van der Waals surface area contributed by atoms with Crippen molar-refractivity contribution in [3.05, 3.63) is 64.7 Å². The molecule has 0 aromatic heterocycles. The molecule has 3 rings (SSSR count). The predicted octanol–water partition coefficient (Wildman–Crippen LogP) is 6.08. The Labute approximate surface area is 227 Å². The minimum absolute atomic E-state index is 0.113. The van der Waals surface area contributed by atoms with Crippen molar-refractivity contribution in [1.29, 1.82) is 0 Å². The maximum atomic E-state index is 14.3. The number of carbonyl (C=O) groups excluding carboxylic acids is 3. The van der Waals surface area contributed by atoms with Gasteiger partial charge in [0.2, 0.25) is 5.91 Å². The molecule has 2 aromatic carbocycles. The summed E-state index contributed by atoms with van der Waals surface area (Å²) in [6.07, 6.45) is 0.141. The third-order valence-corrected chi connectivity index (χ3v) is 6.77. The van der Waals surface area contributed by atoms with Crippen LogP contribution in [0.3, 0.4) is 0 Å². The van der Waals surface area contributed by atoms with Gasteiger partial charge in [0, 0.05) is 11.7 Å². The summed E-state index contributed by atoms with van der Waals surface area (Å²) in [6, 6.07) is 11.7. The van der Waals surface area contributed by atoms with Crippen molar-refractivity contribution in [2.75, 3.05) is 5.32 Å². The molecule has 7 nitrogen and oxygen atoms in total. The third-order valence-electron chi connectivity index (χ3n) is 6.77. The van der Waals surface area contributed by atoms with Gasteiger partial charge >= 0.3 is 6.09 Å². The number of carbonyl (C=O) groups is 3. The molecule has 1 aliphatic rings. The Bertz CT molecular complexity index is 1160. The van der Waals surface area contributed by atoms with E-state index in [2.05, 4.69) is 17.6 Å². The lowest BCUT2D eigenvalue weighted by molar-refractivity contribution is -0.142. The second kappa shape index (κ2) is 11.6. The molecule has 0 heterocycles. The van der Waals surface area contributed by atoms with Crippen molar-refractivity contribution in [3.8, 4) is 0 Å². The van der Waals surface area contributed by atoms with E-state index in [1.54, 1.807) is 25.7 Å². The highest BCUT2D eigenvalue weighted by Gasteiger charge is 2.48. The summed E-state index contributed by atoms with van der Waals surface area (Å²) < 4.78 is 5.46. The molecule has 4 unspecified atom stereocenters. The van der Waals surface area contributed by atoms with E-state index >= 15 is 0 Å². The number of nitrogens with one attached hydrogen (secondary N) is 2. The molecular weight excluding hydrogens is 478 g/mol. The molecule has 0 bridgehead atoms. The topological polar surface area (TPSA) is 87.7 Å². The van der Waals surface area contributed by atoms with E-state index in [1.807, 2.05) is 77.1 Å². The first-order valence-corrected chi connectivity index (χ1v) is 13.4. The van der Waals surface area contributed by atoms with E-state index in [0.29, 0.717) is 5.69 Å². The van der Waals surface area contributed by atoms with Gasteiger partial charge in [0.25, 0.3) is 5.91 Å². The van der Waals surface area contributed by atoms with E-state index in [1.165, 1.54) is 0 Å². The summed E-state index contributed by atoms with van der Waals surface area (Å²) in [5, 5.41) is 5.87. The van der Waals surface area contributed by atoms with Crippen LogP contribution >= 0.6 is 0 Å². The van der Waals surface area contributed by atoms with E-state index < -0.39 is 23.8 Å². The summed E-state index contributed by atoms with van der Waals surface area (Å²) in [4.78, 5) is 42.8. The molecule has 4 atom stereocenters. The highest BCUT2D eigenvalue weighted by molar-refractivity contribution is 5.99. The number of nitrogens with zero attached hydrogens (tertiary/aromatic N) is 1. The zero-order valence-electron chi connectivity index (χ0n) is 24.2. The minimum atomic E-state index is -0.864. The Morgan fingerprint density at radius 2 is 1.58 bits per heavy atom. The number of aryl methyl sites for hydroxylation is 3. The molecule has 206 valence electrons. The standard InChI is InChI=1S/C31H43N3O4/c1-18(2)26(33-30(37)38-31(7,8)9)29(36)34(25-17-22(25)6)27(23-15-19(3)14-20(4)16-23)28(35)32-24-13-11-10-12-21(24)5/h10-16,18,22,25-27H,17H2,1-9H3,(H,32,35)(H,33,37). The monoisotopic (exact) mass is 521 g/mol. The van der Waals surface area contributed by atoms with Gasteiger partial charge in [0.1, 0.15) is 17.7 Å². The fraction of sp³-hybridized carbons (Fsp3) is 0.516. The van der Waals surface area contributed by atoms with Crippen LogP contribution in [-0.2, 0) is 14.3 Å². The van der Waals surface area contributed by atoms with E-state index in [9.17, 15) is 14.4 Å². The number of hydrogen-bond acceptors (Lipinski definition) is 4. The quantitative estimate of drug-likeness (QED) is 0.441. The summed E-state index contributed by atoms with van der Waals surface area (Å²) >= 11 is 0. The van der Waals surface area contributed by atoms with Gasteiger partial charge < -0.3 is 20.3 Å². The maximum Gasteiger partial charge on any atom is 0.408 e. The van der Waals surface area contributed by atoms with Gasteiger partial charge in [0.15, 0.2) is 0 Å². The minimum Gasteiger partial charge on any atom is -0.444 e. The average molecular weight is 522 g/mol. The van der Waals surface area contributed by atoms with Crippen LogP contribution in [0.15, 0.2) is 42.5 Å². The van der Waals surface area contributed by atoms with Crippen LogP contribution in [0.2, 0.25) is 0 Å².